The number of hydrogen-bond acceptors (Lipinski definition) is 6. The molecular formula is C5H8O7. The number of aliphatic hydroxyl groups excluding tert-OH is 2. The van der Waals surface area contributed by atoms with E-state index in [0.717, 1.165) is 0 Å². The topological polar surface area (TPSA) is 127 Å². The molecule has 1 aliphatic rings. The number of carbonyl (C=O) groups is 1. The molecule has 0 bridgehead atoms. The molecule has 0 aromatic heterocycles. The molecule has 1 heterocycles. The monoisotopic (exact) mass is 180 g/mol. The van der Waals surface area contributed by atoms with Gasteiger partial charge in [0, 0.05) is 0 Å². The lowest BCUT2D eigenvalue weighted by Gasteiger charge is -2.17. The lowest BCUT2D eigenvalue weighted by Crippen LogP contribution is -2.42. The summed E-state index contributed by atoms with van der Waals surface area (Å²) in [6, 6.07) is 0. The zero-order valence-electron chi connectivity index (χ0n) is 5.78. The second-order valence-electron chi connectivity index (χ2n) is 2.47. The van der Waals surface area contributed by atoms with Crippen molar-refractivity contribution in [3.8, 4) is 0 Å². The number of hydrogen-bond donors (Lipinski definition) is 5. The highest BCUT2D eigenvalue weighted by Crippen LogP contribution is 2.26. The van der Waals surface area contributed by atoms with Crippen molar-refractivity contribution in [2.24, 2.45) is 0 Å². The van der Waals surface area contributed by atoms with Gasteiger partial charge in [-0.1, -0.05) is 0 Å². The molecule has 5 N–H and O–H groups in total. The number of ether oxygens (including phenoxy) is 1. The lowest BCUT2D eigenvalue weighted by molar-refractivity contribution is -0.352. The smallest absolute Gasteiger partial charge is 0.335 e. The summed E-state index contributed by atoms with van der Waals surface area (Å²) < 4.78 is 4.05. The summed E-state index contributed by atoms with van der Waals surface area (Å²) in [6.45, 7) is 0. The Kier molecular flexibility index (Phi) is 2.06. The van der Waals surface area contributed by atoms with Crippen LogP contribution < -0.4 is 0 Å². The molecule has 3 unspecified atom stereocenters. The van der Waals surface area contributed by atoms with Crippen LogP contribution in [0.1, 0.15) is 0 Å². The number of carboxylic acids is 1. The summed E-state index contributed by atoms with van der Waals surface area (Å²) in [5.41, 5.74) is 0. The van der Waals surface area contributed by atoms with Crippen molar-refractivity contribution < 1.29 is 35.1 Å². The van der Waals surface area contributed by atoms with Crippen LogP contribution in [0.3, 0.4) is 0 Å². The molecule has 12 heavy (non-hydrogen) atoms. The Labute approximate surface area is 66.4 Å². The minimum Gasteiger partial charge on any atom is -0.479 e. The molecule has 1 rings (SSSR count). The van der Waals surface area contributed by atoms with Crippen LogP contribution in [0.5, 0.6) is 0 Å². The molecule has 0 amide bonds. The van der Waals surface area contributed by atoms with Crippen molar-refractivity contribution in [2.45, 2.75) is 24.3 Å². The van der Waals surface area contributed by atoms with Crippen molar-refractivity contribution >= 4 is 5.97 Å². The Bertz CT molecular complexity index is 200. The summed E-state index contributed by atoms with van der Waals surface area (Å²) in [6.07, 6.45) is -5.72. The molecule has 7 heteroatoms. The van der Waals surface area contributed by atoms with Crippen molar-refractivity contribution in [1.29, 1.82) is 0 Å². The van der Waals surface area contributed by atoms with Crippen LogP contribution in [0, 0.1) is 0 Å². The first-order chi connectivity index (χ1) is 5.36. The van der Waals surface area contributed by atoms with Crippen LogP contribution in [0.4, 0.5) is 0 Å². The predicted octanol–water partition coefficient (Wildman–Crippen LogP) is -3.17. The normalized spacial score (nSPS) is 39.8. The Morgan fingerprint density at radius 1 is 1.33 bits per heavy atom. The van der Waals surface area contributed by atoms with Crippen molar-refractivity contribution in [2.75, 3.05) is 0 Å². The predicted molar refractivity (Wildman–Crippen MR) is 31.7 cm³/mol. The third kappa shape index (κ3) is 1.28. The first-order valence-electron chi connectivity index (χ1n) is 3.08. The van der Waals surface area contributed by atoms with E-state index in [1.54, 1.807) is 0 Å². The Balaban J connectivity index is 2.81. The van der Waals surface area contributed by atoms with Crippen LogP contribution in [-0.4, -0.2) is 55.8 Å². The average Bonchev–Trinajstić information content (AvgIpc) is 2.14. The first kappa shape index (κ1) is 9.36. The number of rotatable bonds is 1. The van der Waals surface area contributed by atoms with E-state index in [0.29, 0.717) is 0 Å². The van der Waals surface area contributed by atoms with E-state index in [-0.39, 0.29) is 0 Å². The fourth-order valence-corrected chi connectivity index (χ4v) is 0.911. The highest BCUT2D eigenvalue weighted by atomic mass is 16.8. The minimum absolute atomic E-state index is 1.58. The van der Waals surface area contributed by atoms with Gasteiger partial charge in [-0.2, -0.15) is 0 Å². The van der Waals surface area contributed by atoms with Gasteiger partial charge in [-0.25, -0.2) is 4.79 Å². The van der Waals surface area contributed by atoms with E-state index in [2.05, 4.69) is 4.74 Å². The molecular weight excluding hydrogens is 172 g/mol. The van der Waals surface area contributed by atoms with E-state index in [4.69, 9.17) is 25.5 Å². The zero-order chi connectivity index (χ0) is 9.52. The first-order valence-corrected chi connectivity index (χ1v) is 3.08. The van der Waals surface area contributed by atoms with Crippen molar-refractivity contribution in [3.05, 3.63) is 0 Å². The molecule has 1 saturated heterocycles. The van der Waals surface area contributed by atoms with Crippen LogP contribution in [-0.2, 0) is 9.53 Å². The fraction of sp³-hybridized carbons (Fsp3) is 0.800. The van der Waals surface area contributed by atoms with E-state index in [1.807, 2.05) is 0 Å². The molecule has 1 aliphatic heterocycles. The third-order valence-electron chi connectivity index (χ3n) is 1.56. The quantitative estimate of drug-likeness (QED) is 0.269. The van der Waals surface area contributed by atoms with Crippen LogP contribution >= 0.6 is 0 Å². The Morgan fingerprint density at radius 3 is 2.00 bits per heavy atom. The summed E-state index contributed by atoms with van der Waals surface area (Å²) in [5, 5.41) is 43.4. The van der Waals surface area contributed by atoms with E-state index in [9.17, 15) is 4.79 Å². The number of aliphatic hydroxyl groups is 4. The van der Waals surface area contributed by atoms with Gasteiger partial charge < -0.3 is 30.3 Å². The molecule has 70 valence electrons. The van der Waals surface area contributed by atoms with Gasteiger partial charge in [-0.15, -0.1) is 0 Å². The fourth-order valence-electron chi connectivity index (χ4n) is 0.911. The van der Waals surface area contributed by atoms with E-state index in [1.165, 1.54) is 0 Å². The number of carboxylic acid groups (broad SMARTS) is 1. The van der Waals surface area contributed by atoms with Gasteiger partial charge >= 0.3 is 11.9 Å². The highest BCUT2D eigenvalue weighted by molar-refractivity contribution is 5.73. The maximum Gasteiger partial charge on any atom is 0.335 e. The summed E-state index contributed by atoms with van der Waals surface area (Å²) in [5.74, 6) is -4.57. The second kappa shape index (κ2) is 2.64. The van der Waals surface area contributed by atoms with Gasteiger partial charge in [0.2, 0.25) is 0 Å². The summed E-state index contributed by atoms with van der Waals surface area (Å²) in [4.78, 5) is 10.2. The molecule has 0 aliphatic carbocycles. The lowest BCUT2D eigenvalue weighted by atomic mass is 10.1. The zero-order valence-corrected chi connectivity index (χ0v) is 5.78. The molecule has 0 radical (unpaired) electrons. The molecule has 3 atom stereocenters. The van der Waals surface area contributed by atoms with Crippen LogP contribution in [0.25, 0.3) is 0 Å². The van der Waals surface area contributed by atoms with Crippen LogP contribution in [0.2, 0.25) is 0 Å². The molecule has 0 aromatic rings. The average molecular weight is 180 g/mol. The maximum atomic E-state index is 10.2. The molecule has 0 saturated carbocycles. The molecule has 1 fully saturated rings. The van der Waals surface area contributed by atoms with Gasteiger partial charge in [0.05, 0.1) is 0 Å². The molecule has 0 aromatic carbocycles. The number of aliphatic carboxylic acids is 1. The Hall–Kier alpha value is -0.730. The highest BCUT2D eigenvalue weighted by Gasteiger charge is 2.55. The van der Waals surface area contributed by atoms with E-state index >= 15 is 0 Å². The van der Waals surface area contributed by atoms with Gasteiger partial charge in [0.1, 0.15) is 6.10 Å². The maximum absolute atomic E-state index is 10.2. The minimum atomic E-state index is -3.00. The third-order valence-corrected chi connectivity index (χ3v) is 1.56. The second-order valence-corrected chi connectivity index (χ2v) is 2.47. The SMILES string of the molecule is O=C(O)C1OC(O)(O)C(O)C1O. The van der Waals surface area contributed by atoms with Crippen molar-refractivity contribution in [1.82, 2.24) is 0 Å². The molecule has 0 spiro atoms. The van der Waals surface area contributed by atoms with Gasteiger partial charge in [-0.05, 0) is 0 Å². The Morgan fingerprint density at radius 2 is 1.83 bits per heavy atom. The molecule has 7 nitrogen and oxygen atoms in total. The van der Waals surface area contributed by atoms with Crippen molar-refractivity contribution in [3.63, 3.8) is 0 Å². The van der Waals surface area contributed by atoms with Gasteiger partial charge in [-0.3, -0.25) is 0 Å². The van der Waals surface area contributed by atoms with E-state index < -0.39 is 30.3 Å². The summed E-state index contributed by atoms with van der Waals surface area (Å²) in [7, 11) is 0. The standard InChI is InChI=1S/C5H8O7/c6-1-2(4(8)9)12-5(10,11)3(1)7/h1-3,6-7,10-11H,(H,8,9). The van der Waals surface area contributed by atoms with Crippen LogP contribution in [0.15, 0.2) is 0 Å². The van der Waals surface area contributed by atoms with Gasteiger partial charge in [0.15, 0.2) is 12.2 Å². The summed E-state index contributed by atoms with van der Waals surface area (Å²) >= 11 is 0. The largest absolute Gasteiger partial charge is 0.479 e. The van der Waals surface area contributed by atoms with Gasteiger partial charge in [0.25, 0.3) is 0 Å².